The monoisotopic (exact) mass is 309 g/mol. The van der Waals surface area contributed by atoms with Crippen LogP contribution in [0.3, 0.4) is 0 Å². The molecule has 5 nitrogen and oxygen atoms in total. The van der Waals surface area contributed by atoms with Gasteiger partial charge in [-0.3, -0.25) is 4.79 Å². The summed E-state index contributed by atoms with van der Waals surface area (Å²) in [6, 6.07) is 13.4. The van der Waals surface area contributed by atoms with E-state index in [1.807, 2.05) is 42.5 Å². The second kappa shape index (κ2) is 6.20. The molecule has 0 saturated heterocycles. The lowest BCUT2D eigenvalue weighted by Gasteiger charge is -2.13. The van der Waals surface area contributed by atoms with E-state index in [0.717, 1.165) is 17.5 Å². The maximum absolute atomic E-state index is 11.4. The summed E-state index contributed by atoms with van der Waals surface area (Å²) < 4.78 is 5.32. The summed E-state index contributed by atoms with van der Waals surface area (Å²) in [6.45, 7) is 5.70. The van der Waals surface area contributed by atoms with E-state index in [-0.39, 0.29) is 5.97 Å². The second-order valence-corrected chi connectivity index (χ2v) is 5.61. The van der Waals surface area contributed by atoms with Gasteiger partial charge in [-0.15, -0.1) is 15.0 Å². The molecule has 2 aromatic carbocycles. The molecule has 1 atom stereocenters. The van der Waals surface area contributed by atoms with Gasteiger partial charge in [0.05, 0.1) is 0 Å². The van der Waals surface area contributed by atoms with Crippen LogP contribution < -0.4 is 4.74 Å². The van der Waals surface area contributed by atoms with Crippen LogP contribution in [0.25, 0.3) is 16.7 Å². The molecule has 0 amide bonds. The third-order valence-electron chi connectivity index (χ3n) is 3.92. The van der Waals surface area contributed by atoms with E-state index < -0.39 is 0 Å². The lowest BCUT2D eigenvalue weighted by atomic mass is 9.98. The van der Waals surface area contributed by atoms with Gasteiger partial charge in [0.2, 0.25) is 0 Å². The zero-order chi connectivity index (χ0) is 16.4. The van der Waals surface area contributed by atoms with Crippen LogP contribution >= 0.6 is 0 Å². The summed E-state index contributed by atoms with van der Waals surface area (Å²) in [5, 5.41) is 8.98. The Kier molecular flexibility index (Phi) is 4.10. The topological polar surface area (TPSA) is 57.0 Å². The molecule has 0 saturated carbocycles. The van der Waals surface area contributed by atoms with Crippen LogP contribution in [0.5, 0.6) is 5.75 Å². The van der Waals surface area contributed by atoms with E-state index in [9.17, 15) is 4.79 Å². The fraction of sp³-hybridized carbons (Fsp3) is 0.278. The highest BCUT2D eigenvalue weighted by Crippen LogP contribution is 2.29. The van der Waals surface area contributed by atoms with E-state index in [1.165, 1.54) is 17.3 Å². The first-order valence-electron chi connectivity index (χ1n) is 7.73. The number of carbonyl (C=O) groups is 1. The van der Waals surface area contributed by atoms with Gasteiger partial charge in [0, 0.05) is 6.92 Å². The van der Waals surface area contributed by atoms with Crippen molar-refractivity contribution in [2.75, 3.05) is 0 Å². The summed E-state index contributed by atoms with van der Waals surface area (Å²) in [5.74, 6) is 0.509. The van der Waals surface area contributed by atoms with Gasteiger partial charge < -0.3 is 4.74 Å². The number of aromatic nitrogens is 3. The van der Waals surface area contributed by atoms with Crippen LogP contribution in [-0.2, 0) is 4.79 Å². The number of fused-ring (bicyclic) bond motifs is 1. The molecular weight excluding hydrogens is 290 g/mol. The van der Waals surface area contributed by atoms with Crippen molar-refractivity contribution in [2.24, 2.45) is 0 Å². The molecule has 3 rings (SSSR count). The molecule has 0 aliphatic rings. The predicted molar refractivity (Wildman–Crippen MR) is 88.9 cm³/mol. The lowest BCUT2D eigenvalue weighted by molar-refractivity contribution is -0.131. The molecule has 1 heterocycles. The van der Waals surface area contributed by atoms with Gasteiger partial charge in [0.15, 0.2) is 5.75 Å². The van der Waals surface area contributed by atoms with Crippen molar-refractivity contribution in [1.82, 2.24) is 15.0 Å². The average Bonchev–Trinajstić information content (AvgIpc) is 2.97. The van der Waals surface area contributed by atoms with Crippen LogP contribution in [0.1, 0.15) is 38.7 Å². The first kappa shape index (κ1) is 15.2. The summed E-state index contributed by atoms with van der Waals surface area (Å²) in [6.07, 6.45) is 1.03. The molecule has 0 N–H and O–H groups in total. The first-order valence-corrected chi connectivity index (χ1v) is 7.73. The van der Waals surface area contributed by atoms with Crippen LogP contribution in [-0.4, -0.2) is 21.0 Å². The number of nitrogens with zero attached hydrogens (tertiary/aromatic N) is 3. The van der Waals surface area contributed by atoms with Crippen molar-refractivity contribution >= 4 is 17.0 Å². The van der Waals surface area contributed by atoms with Gasteiger partial charge in [-0.2, -0.15) is 0 Å². The highest BCUT2D eigenvalue weighted by molar-refractivity contribution is 5.74. The summed E-state index contributed by atoms with van der Waals surface area (Å²) in [7, 11) is 0. The highest BCUT2D eigenvalue weighted by atomic mass is 16.5. The third-order valence-corrected chi connectivity index (χ3v) is 3.92. The van der Waals surface area contributed by atoms with Crippen LogP contribution in [0.4, 0.5) is 0 Å². The van der Waals surface area contributed by atoms with Crippen molar-refractivity contribution in [3.05, 3.63) is 48.0 Å². The van der Waals surface area contributed by atoms with Gasteiger partial charge in [0.1, 0.15) is 16.7 Å². The third kappa shape index (κ3) is 3.08. The molecular formula is C18H19N3O2. The Labute approximate surface area is 134 Å². The molecule has 23 heavy (non-hydrogen) atoms. The van der Waals surface area contributed by atoms with Gasteiger partial charge in [-0.05, 0) is 42.2 Å². The molecule has 0 bridgehead atoms. The molecule has 1 unspecified atom stereocenters. The largest absolute Gasteiger partial charge is 0.424 e. The van der Waals surface area contributed by atoms with Crippen molar-refractivity contribution < 1.29 is 9.53 Å². The Bertz CT molecular complexity index is 821. The van der Waals surface area contributed by atoms with Crippen molar-refractivity contribution in [3.8, 4) is 11.4 Å². The summed E-state index contributed by atoms with van der Waals surface area (Å²) in [4.78, 5) is 12.9. The number of rotatable bonds is 4. The van der Waals surface area contributed by atoms with Crippen LogP contribution in [0.2, 0.25) is 0 Å². The SMILES string of the molecule is CCC(C)c1ccc(OC(C)=O)c(-n2nc3ccccc3n2)c1. The quantitative estimate of drug-likeness (QED) is 0.542. The number of benzene rings is 2. The van der Waals surface area contributed by atoms with Crippen molar-refractivity contribution in [2.45, 2.75) is 33.1 Å². The normalized spacial score (nSPS) is 12.3. The van der Waals surface area contributed by atoms with Crippen LogP contribution in [0, 0.1) is 0 Å². The summed E-state index contributed by atoms with van der Waals surface area (Å²) in [5.41, 5.74) is 3.44. The predicted octanol–water partition coefficient (Wildman–Crippen LogP) is 3.86. The van der Waals surface area contributed by atoms with Gasteiger partial charge >= 0.3 is 5.97 Å². The fourth-order valence-corrected chi connectivity index (χ4v) is 2.44. The number of ether oxygens (including phenoxy) is 1. The maximum Gasteiger partial charge on any atom is 0.308 e. The zero-order valence-electron chi connectivity index (χ0n) is 13.5. The minimum absolute atomic E-state index is 0.362. The van der Waals surface area contributed by atoms with Crippen LogP contribution in [0.15, 0.2) is 42.5 Å². The molecule has 5 heteroatoms. The standard InChI is InChI=1S/C18H19N3O2/c1-4-12(2)14-9-10-18(23-13(3)22)17(11-14)21-19-15-7-5-6-8-16(15)20-21/h5-12H,4H2,1-3H3. The Hall–Kier alpha value is -2.69. The van der Waals surface area contributed by atoms with Crippen molar-refractivity contribution in [3.63, 3.8) is 0 Å². The highest BCUT2D eigenvalue weighted by Gasteiger charge is 2.14. The smallest absolute Gasteiger partial charge is 0.308 e. The van der Waals surface area contributed by atoms with E-state index >= 15 is 0 Å². The Morgan fingerprint density at radius 1 is 1.17 bits per heavy atom. The van der Waals surface area contributed by atoms with Gasteiger partial charge in [-0.1, -0.05) is 32.0 Å². The summed E-state index contributed by atoms with van der Waals surface area (Å²) >= 11 is 0. The molecule has 1 aromatic heterocycles. The molecule has 118 valence electrons. The minimum Gasteiger partial charge on any atom is -0.424 e. The molecule has 0 spiro atoms. The van der Waals surface area contributed by atoms with Gasteiger partial charge in [0.25, 0.3) is 0 Å². The lowest BCUT2D eigenvalue weighted by Crippen LogP contribution is -2.08. The van der Waals surface area contributed by atoms with Crippen molar-refractivity contribution in [1.29, 1.82) is 0 Å². The fourth-order valence-electron chi connectivity index (χ4n) is 2.44. The number of carbonyl (C=O) groups excluding carboxylic acids is 1. The number of hydrogen-bond donors (Lipinski definition) is 0. The Balaban J connectivity index is 2.14. The molecule has 0 fully saturated rings. The Morgan fingerprint density at radius 2 is 1.83 bits per heavy atom. The van der Waals surface area contributed by atoms with Gasteiger partial charge in [-0.25, -0.2) is 0 Å². The second-order valence-electron chi connectivity index (χ2n) is 5.61. The minimum atomic E-state index is -0.362. The van der Waals surface area contributed by atoms with E-state index in [1.54, 1.807) is 0 Å². The maximum atomic E-state index is 11.4. The van der Waals surface area contributed by atoms with E-state index in [0.29, 0.717) is 17.4 Å². The Morgan fingerprint density at radius 3 is 2.39 bits per heavy atom. The molecule has 3 aromatic rings. The average molecular weight is 309 g/mol. The number of hydrogen-bond acceptors (Lipinski definition) is 4. The molecule has 0 aliphatic heterocycles. The number of esters is 1. The molecule has 0 radical (unpaired) electrons. The van der Waals surface area contributed by atoms with E-state index in [4.69, 9.17) is 4.74 Å². The molecule has 0 aliphatic carbocycles. The zero-order valence-corrected chi connectivity index (χ0v) is 13.5. The van der Waals surface area contributed by atoms with E-state index in [2.05, 4.69) is 24.0 Å². The first-order chi connectivity index (χ1) is 11.1.